The van der Waals surface area contributed by atoms with E-state index in [1.165, 1.54) is 4.90 Å². The fourth-order valence-electron chi connectivity index (χ4n) is 2.97. The Kier molecular flexibility index (Phi) is 6.15. The third kappa shape index (κ3) is 4.67. The second-order valence-electron chi connectivity index (χ2n) is 6.31. The number of quaternary nitrogens is 1. The molecule has 2 aromatic rings. The average Bonchev–Trinajstić information content (AvgIpc) is 2.66. The van der Waals surface area contributed by atoms with Crippen LogP contribution in [0.4, 0.5) is 13.2 Å². The molecule has 1 aliphatic rings. The van der Waals surface area contributed by atoms with Crippen LogP contribution in [0, 0.1) is 17.5 Å². The molecule has 2 aromatic carbocycles. The van der Waals surface area contributed by atoms with Gasteiger partial charge in [0, 0.05) is 12.1 Å². The lowest BCUT2D eigenvalue weighted by Crippen LogP contribution is -3.12. The number of sulfonamides is 1. The number of nitrogens with one attached hydrogen (secondary N) is 2. The number of benzene rings is 2. The van der Waals surface area contributed by atoms with Crippen molar-refractivity contribution in [2.75, 3.05) is 26.3 Å². The molecule has 0 bridgehead atoms. The van der Waals surface area contributed by atoms with Crippen LogP contribution in [0.5, 0.6) is 0 Å². The number of ether oxygens (including phenoxy) is 1. The van der Waals surface area contributed by atoms with Crippen LogP contribution in [0.15, 0.2) is 41.3 Å². The zero-order chi connectivity index (χ0) is 19.4. The first-order valence-electron chi connectivity index (χ1n) is 8.50. The molecule has 0 unspecified atom stereocenters. The Balaban J connectivity index is 1.75. The summed E-state index contributed by atoms with van der Waals surface area (Å²) in [6.07, 6.45) is 0. The lowest BCUT2D eigenvalue weighted by molar-refractivity contribution is -0.921. The van der Waals surface area contributed by atoms with Crippen LogP contribution >= 0.6 is 0 Å². The van der Waals surface area contributed by atoms with Gasteiger partial charge in [-0.1, -0.05) is 24.3 Å². The molecule has 1 saturated heterocycles. The molecule has 0 atom stereocenters. The van der Waals surface area contributed by atoms with E-state index in [1.807, 2.05) is 12.1 Å². The minimum absolute atomic E-state index is 0.0826. The van der Waals surface area contributed by atoms with Gasteiger partial charge in [0.2, 0.25) is 10.0 Å². The SMILES string of the molecule is O=S(=O)(NCc1ccccc1C[NH+]1CCOCC1)c1ccc(F)c(F)c1F. The fourth-order valence-corrected chi connectivity index (χ4v) is 4.05. The number of morpholine rings is 1. The Morgan fingerprint density at radius 1 is 0.963 bits per heavy atom. The maximum Gasteiger partial charge on any atom is 0.243 e. The quantitative estimate of drug-likeness (QED) is 0.710. The molecule has 146 valence electrons. The average molecular weight is 401 g/mol. The number of rotatable bonds is 6. The van der Waals surface area contributed by atoms with Crippen LogP contribution in [-0.4, -0.2) is 34.7 Å². The molecule has 3 rings (SSSR count). The van der Waals surface area contributed by atoms with Gasteiger partial charge in [0.1, 0.15) is 24.5 Å². The molecule has 1 heterocycles. The van der Waals surface area contributed by atoms with Crippen molar-refractivity contribution in [2.24, 2.45) is 0 Å². The first-order valence-corrected chi connectivity index (χ1v) is 9.98. The molecule has 0 spiro atoms. The highest BCUT2D eigenvalue weighted by Crippen LogP contribution is 2.20. The highest BCUT2D eigenvalue weighted by atomic mass is 32.2. The van der Waals surface area contributed by atoms with Crippen LogP contribution in [0.1, 0.15) is 11.1 Å². The van der Waals surface area contributed by atoms with Crippen molar-refractivity contribution >= 4 is 10.0 Å². The standard InChI is InChI=1S/C18H19F3N2O3S/c19-15-5-6-16(18(21)17(15)20)27(24,25)22-11-13-3-1-2-4-14(13)12-23-7-9-26-10-8-23/h1-6,22H,7-12H2/p+1. The number of halogens is 3. The van der Waals surface area contributed by atoms with Crippen molar-refractivity contribution in [3.63, 3.8) is 0 Å². The Hall–Kier alpha value is -1.94. The summed E-state index contributed by atoms with van der Waals surface area (Å²) in [6, 6.07) is 8.62. The third-order valence-electron chi connectivity index (χ3n) is 4.50. The minimum Gasteiger partial charge on any atom is -0.370 e. The third-order valence-corrected chi connectivity index (χ3v) is 5.92. The highest BCUT2D eigenvalue weighted by Gasteiger charge is 2.24. The molecular formula is C18H20F3N2O3S+. The van der Waals surface area contributed by atoms with E-state index in [0.29, 0.717) is 31.9 Å². The summed E-state index contributed by atoms with van der Waals surface area (Å²) < 4.78 is 72.5. The van der Waals surface area contributed by atoms with Crippen LogP contribution < -0.4 is 9.62 Å². The van der Waals surface area contributed by atoms with Crippen molar-refractivity contribution < 1.29 is 31.2 Å². The second-order valence-corrected chi connectivity index (χ2v) is 8.04. The van der Waals surface area contributed by atoms with Gasteiger partial charge in [-0.15, -0.1) is 0 Å². The first kappa shape index (κ1) is 19.8. The van der Waals surface area contributed by atoms with Gasteiger partial charge in [0.05, 0.1) is 13.2 Å². The summed E-state index contributed by atoms with van der Waals surface area (Å²) in [7, 11) is -4.34. The van der Waals surface area contributed by atoms with Gasteiger partial charge in [-0.2, -0.15) is 0 Å². The van der Waals surface area contributed by atoms with Crippen molar-refractivity contribution in [1.82, 2.24) is 4.72 Å². The Morgan fingerprint density at radius 2 is 1.63 bits per heavy atom. The Bertz CT molecular complexity index is 916. The topological polar surface area (TPSA) is 59.8 Å². The smallest absolute Gasteiger partial charge is 0.243 e. The van der Waals surface area contributed by atoms with E-state index in [2.05, 4.69) is 4.72 Å². The van der Waals surface area contributed by atoms with Gasteiger partial charge in [-0.3, -0.25) is 0 Å². The monoisotopic (exact) mass is 401 g/mol. The Morgan fingerprint density at radius 3 is 2.33 bits per heavy atom. The minimum atomic E-state index is -4.34. The summed E-state index contributed by atoms with van der Waals surface area (Å²) in [4.78, 5) is 0.404. The van der Waals surface area contributed by atoms with Gasteiger partial charge in [0.25, 0.3) is 0 Å². The fraction of sp³-hybridized carbons (Fsp3) is 0.333. The largest absolute Gasteiger partial charge is 0.370 e. The molecular weight excluding hydrogens is 381 g/mol. The molecule has 0 amide bonds. The van der Waals surface area contributed by atoms with E-state index < -0.39 is 32.4 Å². The van der Waals surface area contributed by atoms with Gasteiger partial charge < -0.3 is 9.64 Å². The van der Waals surface area contributed by atoms with Crippen LogP contribution in [0.25, 0.3) is 0 Å². The molecule has 0 aromatic heterocycles. The van der Waals surface area contributed by atoms with Crippen molar-refractivity contribution in [1.29, 1.82) is 0 Å². The zero-order valence-electron chi connectivity index (χ0n) is 14.5. The number of hydrogen-bond donors (Lipinski definition) is 2. The molecule has 0 radical (unpaired) electrons. The molecule has 0 saturated carbocycles. The Labute approximate surface area is 155 Å². The summed E-state index contributed by atoms with van der Waals surface area (Å²) in [5, 5.41) is 0. The summed E-state index contributed by atoms with van der Waals surface area (Å²) in [5.74, 6) is -4.98. The second kappa shape index (κ2) is 8.39. The predicted molar refractivity (Wildman–Crippen MR) is 92.0 cm³/mol. The molecule has 1 fully saturated rings. The van der Waals surface area contributed by atoms with E-state index in [0.717, 1.165) is 24.2 Å². The van der Waals surface area contributed by atoms with E-state index in [-0.39, 0.29) is 6.54 Å². The van der Waals surface area contributed by atoms with Crippen molar-refractivity contribution in [3.05, 3.63) is 65.0 Å². The van der Waals surface area contributed by atoms with Gasteiger partial charge in [-0.25, -0.2) is 26.3 Å². The highest BCUT2D eigenvalue weighted by molar-refractivity contribution is 7.89. The predicted octanol–water partition coefficient (Wildman–Crippen LogP) is 0.997. The van der Waals surface area contributed by atoms with E-state index in [1.54, 1.807) is 12.1 Å². The molecule has 5 nitrogen and oxygen atoms in total. The van der Waals surface area contributed by atoms with E-state index >= 15 is 0 Å². The van der Waals surface area contributed by atoms with Gasteiger partial charge >= 0.3 is 0 Å². The molecule has 2 N–H and O–H groups in total. The summed E-state index contributed by atoms with van der Waals surface area (Å²) >= 11 is 0. The normalized spacial score (nSPS) is 15.8. The molecule has 1 aliphatic heterocycles. The maximum atomic E-state index is 13.8. The number of hydrogen-bond acceptors (Lipinski definition) is 3. The van der Waals surface area contributed by atoms with Crippen molar-refractivity contribution in [2.45, 2.75) is 18.0 Å². The van der Waals surface area contributed by atoms with E-state index in [9.17, 15) is 21.6 Å². The van der Waals surface area contributed by atoms with Crippen LogP contribution in [0.2, 0.25) is 0 Å². The lowest BCUT2D eigenvalue weighted by atomic mass is 10.1. The van der Waals surface area contributed by atoms with Crippen LogP contribution in [0.3, 0.4) is 0 Å². The zero-order valence-corrected chi connectivity index (χ0v) is 15.3. The molecule has 9 heteroatoms. The molecule has 27 heavy (non-hydrogen) atoms. The maximum absolute atomic E-state index is 13.8. The van der Waals surface area contributed by atoms with E-state index in [4.69, 9.17) is 4.74 Å². The van der Waals surface area contributed by atoms with Gasteiger partial charge in [0.15, 0.2) is 17.5 Å². The van der Waals surface area contributed by atoms with Crippen LogP contribution in [-0.2, 0) is 27.8 Å². The first-order chi connectivity index (χ1) is 12.9. The molecule has 0 aliphatic carbocycles. The lowest BCUT2D eigenvalue weighted by Gasteiger charge is -2.24. The van der Waals surface area contributed by atoms with Crippen molar-refractivity contribution in [3.8, 4) is 0 Å². The van der Waals surface area contributed by atoms with Gasteiger partial charge in [-0.05, 0) is 17.7 Å². The summed E-state index contributed by atoms with van der Waals surface area (Å²) in [6.45, 7) is 3.71. The summed E-state index contributed by atoms with van der Waals surface area (Å²) in [5.41, 5.74) is 1.70.